The Morgan fingerprint density at radius 1 is 1.07 bits per heavy atom. The summed E-state index contributed by atoms with van der Waals surface area (Å²) in [5, 5.41) is 0. The Morgan fingerprint density at radius 2 is 1.75 bits per heavy atom. The summed E-state index contributed by atoms with van der Waals surface area (Å²) in [6, 6.07) is 14.0. The smallest absolute Gasteiger partial charge is 0.374 e. The minimum absolute atomic E-state index is 0.0974. The van der Waals surface area contributed by atoms with Gasteiger partial charge in [0.1, 0.15) is 0 Å². The molecule has 0 radical (unpaired) electrons. The van der Waals surface area contributed by atoms with E-state index >= 15 is 0 Å². The topological polar surface area (TPSA) is 58.6 Å². The molecule has 152 valence electrons. The average molecular weight is 414 g/mol. The third kappa shape index (κ3) is 5.32. The molecule has 0 aliphatic carbocycles. The summed E-state index contributed by atoms with van der Waals surface area (Å²) in [5.41, 5.74) is -0.0550. The number of rotatable bonds is 6. The molecule has 0 amide bonds. The number of sulfonamides is 1. The van der Waals surface area contributed by atoms with Gasteiger partial charge in [0.25, 0.3) is 0 Å². The summed E-state index contributed by atoms with van der Waals surface area (Å²) in [5.74, 6) is 0. The number of halogens is 3. The van der Waals surface area contributed by atoms with Crippen molar-refractivity contribution in [1.82, 2.24) is 9.62 Å². The van der Waals surface area contributed by atoms with Crippen LogP contribution in [-0.2, 0) is 27.5 Å². The molecule has 0 saturated carbocycles. The van der Waals surface area contributed by atoms with E-state index in [1.807, 2.05) is 30.3 Å². The van der Waals surface area contributed by atoms with Crippen LogP contribution in [0.2, 0.25) is 0 Å². The summed E-state index contributed by atoms with van der Waals surface area (Å²) >= 11 is 0. The first-order valence-corrected chi connectivity index (χ1v) is 10.3. The predicted molar refractivity (Wildman–Crippen MR) is 98.1 cm³/mol. The van der Waals surface area contributed by atoms with Crippen LogP contribution < -0.4 is 4.72 Å². The molecule has 1 aliphatic rings. The summed E-state index contributed by atoms with van der Waals surface area (Å²) in [6.07, 6.45) is -5.19. The van der Waals surface area contributed by atoms with Gasteiger partial charge in [0, 0.05) is 26.2 Å². The number of alkyl halides is 3. The fourth-order valence-corrected chi connectivity index (χ4v) is 4.40. The Labute approximate surface area is 162 Å². The van der Waals surface area contributed by atoms with Gasteiger partial charge >= 0.3 is 6.18 Å². The molecule has 1 unspecified atom stereocenters. The van der Waals surface area contributed by atoms with Crippen molar-refractivity contribution in [1.29, 1.82) is 0 Å². The number of hydrogen-bond donors (Lipinski definition) is 1. The predicted octanol–water partition coefficient (Wildman–Crippen LogP) is 2.88. The molecule has 3 rings (SSSR count). The molecule has 1 N–H and O–H groups in total. The zero-order valence-electron chi connectivity index (χ0n) is 15.0. The van der Waals surface area contributed by atoms with Crippen LogP contribution in [0.15, 0.2) is 59.5 Å². The van der Waals surface area contributed by atoms with Gasteiger partial charge in [0.05, 0.1) is 23.2 Å². The van der Waals surface area contributed by atoms with E-state index in [1.54, 1.807) is 0 Å². The van der Waals surface area contributed by atoms with Crippen LogP contribution in [0.4, 0.5) is 13.2 Å². The number of ether oxygens (including phenoxy) is 1. The minimum Gasteiger partial charge on any atom is -0.374 e. The number of hydrogen-bond acceptors (Lipinski definition) is 4. The van der Waals surface area contributed by atoms with E-state index in [9.17, 15) is 21.6 Å². The summed E-state index contributed by atoms with van der Waals surface area (Å²) < 4.78 is 72.0. The van der Waals surface area contributed by atoms with Crippen LogP contribution in [0, 0.1) is 0 Å². The van der Waals surface area contributed by atoms with Gasteiger partial charge in [0.15, 0.2) is 0 Å². The third-order valence-electron chi connectivity index (χ3n) is 4.45. The largest absolute Gasteiger partial charge is 0.417 e. The van der Waals surface area contributed by atoms with Gasteiger partial charge in [-0.3, -0.25) is 4.90 Å². The van der Waals surface area contributed by atoms with Gasteiger partial charge in [-0.2, -0.15) is 13.2 Å². The molecule has 5 nitrogen and oxygen atoms in total. The Morgan fingerprint density at radius 3 is 2.46 bits per heavy atom. The summed E-state index contributed by atoms with van der Waals surface area (Å²) in [4.78, 5) is 1.35. The lowest BCUT2D eigenvalue weighted by molar-refractivity contribution is -0.139. The van der Waals surface area contributed by atoms with Gasteiger partial charge in [0.2, 0.25) is 10.0 Å². The van der Waals surface area contributed by atoms with Crippen LogP contribution in [-0.4, -0.2) is 45.7 Å². The van der Waals surface area contributed by atoms with E-state index in [4.69, 9.17) is 4.74 Å². The molecule has 2 aromatic carbocycles. The van der Waals surface area contributed by atoms with Crippen molar-refractivity contribution in [3.05, 3.63) is 65.7 Å². The molecule has 2 aromatic rings. The van der Waals surface area contributed by atoms with Crippen molar-refractivity contribution in [2.45, 2.75) is 23.7 Å². The van der Waals surface area contributed by atoms with E-state index in [0.29, 0.717) is 26.2 Å². The Hall–Kier alpha value is -1.94. The van der Waals surface area contributed by atoms with Crippen LogP contribution in [0.25, 0.3) is 0 Å². The lowest BCUT2D eigenvalue weighted by Gasteiger charge is -2.33. The van der Waals surface area contributed by atoms with Gasteiger partial charge in [-0.25, -0.2) is 13.1 Å². The summed E-state index contributed by atoms with van der Waals surface area (Å²) in [7, 11) is -4.32. The van der Waals surface area contributed by atoms with Crippen LogP contribution in [0.1, 0.15) is 11.1 Å². The van der Waals surface area contributed by atoms with Gasteiger partial charge in [-0.15, -0.1) is 0 Å². The standard InChI is InChI=1S/C19H21F3N2O3S/c20-19(21,22)17-8-4-5-9-18(17)28(25,26)23-12-16-14-24(10-11-27-16)13-15-6-2-1-3-7-15/h1-9,16,23H,10-14H2. The molecule has 0 aromatic heterocycles. The van der Waals surface area contributed by atoms with Crippen molar-refractivity contribution >= 4 is 10.0 Å². The van der Waals surface area contributed by atoms with E-state index in [2.05, 4.69) is 9.62 Å². The number of nitrogens with one attached hydrogen (secondary N) is 1. The number of morpholine rings is 1. The maximum Gasteiger partial charge on any atom is 0.417 e. The van der Waals surface area contributed by atoms with Gasteiger partial charge < -0.3 is 4.74 Å². The molecule has 0 spiro atoms. The fraction of sp³-hybridized carbons (Fsp3) is 0.368. The first-order chi connectivity index (χ1) is 13.3. The van der Waals surface area contributed by atoms with Crippen molar-refractivity contribution in [3.8, 4) is 0 Å². The zero-order valence-corrected chi connectivity index (χ0v) is 15.8. The highest BCUT2D eigenvalue weighted by molar-refractivity contribution is 7.89. The van der Waals surface area contributed by atoms with E-state index in [-0.39, 0.29) is 6.54 Å². The molecule has 0 bridgehead atoms. The average Bonchev–Trinajstić information content (AvgIpc) is 2.67. The van der Waals surface area contributed by atoms with Gasteiger partial charge in [-0.1, -0.05) is 42.5 Å². The van der Waals surface area contributed by atoms with Crippen LogP contribution >= 0.6 is 0 Å². The van der Waals surface area contributed by atoms with Crippen LogP contribution in [0.3, 0.4) is 0 Å². The van der Waals surface area contributed by atoms with Gasteiger partial charge in [-0.05, 0) is 17.7 Å². The molecule has 1 heterocycles. The second-order valence-corrected chi connectivity index (χ2v) is 8.29. The lowest BCUT2D eigenvalue weighted by Crippen LogP contribution is -2.47. The molecule has 1 saturated heterocycles. The second kappa shape index (κ2) is 8.60. The molecule has 1 aliphatic heterocycles. The van der Waals surface area contributed by atoms with Crippen molar-refractivity contribution in [2.75, 3.05) is 26.2 Å². The normalized spacial score (nSPS) is 18.9. The Kier molecular flexibility index (Phi) is 6.39. The molecular weight excluding hydrogens is 393 g/mol. The first kappa shape index (κ1) is 20.8. The van der Waals surface area contributed by atoms with E-state index in [1.165, 1.54) is 6.07 Å². The Bertz CT molecular complexity index is 889. The molecule has 28 heavy (non-hydrogen) atoms. The highest BCUT2D eigenvalue weighted by Gasteiger charge is 2.37. The van der Waals surface area contributed by atoms with E-state index in [0.717, 1.165) is 23.8 Å². The van der Waals surface area contributed by atoms with E-state index < -0.39 is 32.8 Å². The molecule has 1 atom stereocenters. The fourth-order valence-electron chi connectivity index (χ4n) is 3.10. The maximum atomic E-state index is 13.1. The molecular formula is C19H21F3N2O3S. The number of nitrogens with zero attached hydrogens (tertiary/aromatic N) is 1. The highest BCUT2D eigenvalue weighted by Crippen LogP contribution is 2.33. The molecule has 9 heteroatoms. The Balaban J connectivity index is 1.63. The number of benzene rings is 2. The summed E-state index contributed by atoms with van der Waals surface area (Å²) in [6.45, 7) is 2.22. The van der Waals surface area contributed by atoms with Crippen molar-refractivity contribution in [2.24, 2.45) is 0 Å². The highest BCUT2D eigenvalue weighted by atomic mass is 32.2. The van der Waals surface area contributed by atoms with Crippen molar-refractivity contribution < 1.29 is 26.3 Å². The first-order valence-electron chi connectivity index (χ1n) is 8.79. The quantitative estimate of drug-likeness (QED) is 0.790. The monoisotopic (exact) mass is 414 g/mol. The zero-order chi connectivity index (χ0) is 20.2. The third-order valence-corrected chi connectivity index (χ3v) is 5.94. The molecule has 1 fully saturated rings. The maximum absolute atomic E-state index is 13.1. The lowest BCUT2D eigenvalue weighted by atomic mass is 10.2. The van der Waals surface area contributed by atoms with Crippen molar-refractivity contribution in [3.63, 3.8) is 0 Å². The minimum atomic E-state index is -4.75. The SMILES string of the molecule is O=S(=O)(NCC1CN(Cc2ccccc2)CCO1)c1ccccc1C(F)(F)F. The second-order valence-electron chi connectivity index (χ2n) is 6.56. The van der Waals surface area contributed by atoms with Crippen LogP contribution in [0.5, 0.6) is 0 Å².